The first kappa shape index (κ1) is 21.5. The number of hydrogen-bond donors (Lipinski definition) is 2. The minimum atomic E-state index is -0.644. The molecule has 0 spiro atoms. The Morgan fingerprint density at radius 3 is 2.13 bits per heavy atom. The molecule has 2 N–H and O–H groups in total. The van der Waals surface area contributed by atoms with Crippen molar-refractivity contribution in [2.75, 3.05) is 18.5 Å². The minimum Gasteiger partial charge on any atom is -0.462 e. The molecule has 0 fully saturated rings. The summed E-state index contributed by atoms with van der Waals surface area (Å²) in [7, 11) is 0. The van der Waals surface area contributed by atoms with Crippen molar-refractivity contribution in [3.63, 3.8) is 0 Å². The number of hydrogen-bond acceptors (Lipinski definition) is 4. The summed E-state index contributed by atoms with van der Waals surface area (Å²) in [6.45, 7) is 2.86. The molecule has 0 unspecified atom stereocenters. The van der Waals surface area contributed by atoms with E-state index in [9.17, 15) is 9.90 Å². The van der Waals surface area contributed by atoms with Crippen LogP contribution in [0, 0.1) is 0 Å². The largest absolute Gasteiger partial charge is 0.462 e. The zero-order valence-corrected chi connectivity index (χ0v) is 18.5. The van der Waals surface area contributed by atoms with E-state index in [0.717, 1.165) is 27.5 Å². The maximum absolute atomic E-state index is 11.8. The topological polar surface area (TPSA) is 63.5 Å². The summed E-state index contributed by atoms with van der Waals surface area (Å²) >= 11 is 12.4. The number of carbonyl (C=O) groups excluding carboxylic acids is 1. The van der Waals surface area contributed by atoms with E-state index in [0.29, 0.717) is 35.3 Å². The van der Waals surface area contributed by atoms with E-state index in [4.69, 9.17) is 27.9 Å². The maximum Gasteiger partial charge on any atom is 0.338 e. The van der Waals surface area contributed by atoms with Crippen LogP contribution in [0.4, 0.5) is 5.69 Å². The number of carbonyl (C=O) groups is 1. The summed E-state index contributed by atoms with van der Waals surface area (Å²) in [6.07, 6.45) is -0.644. The zero-order valence-electron chi connectivity index (χ0n) is 16.9. The fourth-order valence-electron chi connectivity index (χ4n) is 3.69. The van der Waals surface area contributed by atoms with E-state index >= 15 is 0 Å². The third-order valence-electron chi connectivity index (χ3n) is 5.12. The van der Waals surface area contributed by atoms with Crippen molar-refractivity contribution >= 4 is 56.7 Å². The Morgan fingerprint density at radius 2 is 1.58 bits per heavy atom. The van der Waals surface area contributed by atoms with Gasteiger partial charge in [0.15, 0.2) is 0 Å². The van der Waals surface area contributed by atoms with Crippen molar-refractivity contribution in [2.24, 2.45) is 0 Å². The Bertz CT molecular complexity index is 1180. The van der Waals surface area contributed by atoms with Crippen LogP contribution in [0.2, 0.25) is 10.0 Å². The number of ether oxygens (including phenoxy) is 1. The number of nitrogens with zero attached hydrogens (tertiary/aromatic N) is 1. The number of benzene rings is 3. The van der Waals surface area contributed by atoms with Gasteiger partial charge in [-0.25, -0.2) is 4.79 Å². The molecular formula is C24H22Cl2N2O3. The number of nitrogens with one attached hydrogen (secondary N) is 1. The van der Waals surface area contributed by atoms with Gasteiger partial charge in [-0.2, -0.15) is 0 Å². The molecule has 0 saturated heterocycles. The molecule has 7 heteroatoms. The molecule has 4 rings (SSSR count). The molecule has 0 radical (unpaired) electrons. The third-order valence-corrected chi connectivity index (χ3v) is 5.59. The zero-order chi connectivity index (χ0) is 22.0. The van der Waals surface area contributed by atoms with Crippen LogP contribution in [0.1, 0.15) is 17.3 Å². The van der Waals surface area contributed by atoms with Crippen LogP contribution >= 0.6 is 23.2 Å². The molecule has 0 bridgehead atoms. The van der Waals surface area contributed by atoms with Crippen LogP contribution in [-0.4, -0.2) is 34.9 Å². The van der Waals surface area contributed by atoms with E-state index < -0.39 is 6.10 Å². The quantitative estimate of drug-likeness (QED) is 0.347. The monoisotopic (exact) mass is 456 g/mol. The number of halogens is 2. The maximum atomic E-state index is 11.8. The molecule has 0 amide bonds. The lowest BCUT2D eigenvalue weighted by molar-refractivity contribution is 0.0526. The van der Waals surface area contributed by atoms with Gasteiger partial charge in [0.05, 0.1) is 24.8 Å². The predicted octanol–water partition coefficient (Wildman–Crippen LogP) is 5.75. The summed E-state index contributed by atoms with van der Waals surface area (Å²) in [5.41, 5.74) is 3.28. The fraction of sp³-hybridized carbons (Fsp3) is 0.208. The SMILES string of the molecule is CCOC(=O)c1ccc(NC[C@@H](O)Cn2c3ccc(Cl)cc3c3cc(Cl)ccc32)cc1. The summed E-state index contributed by atoms with van der Waals surface area (Å²) in [5.74, 6) is -0.347. The van der Waals surface area contributed by atoms with E-state index in [1.165, 1.54) is 0 Å². The summed E-state index contributed by atoms with van der Waals surface area (Å²) in [5, 5.41) is 17.2. The number of fused-ring (bicyclic) bond motifs is 3. The highest BCUT2D eigenvalue weighted by atomic mass is 35.5. The highest BCUT2D eigenvalue weighted by molar-refractivity contribution is 6.33. The van der Waals surface area contributed by atoms with Crippen LogP contribution in [-0.2, 0) is 11.3 Å². The van der Waals surface area contributed by atoms with Gasteiger partial charge < -0.3 is 19.7 Å². The Kier molecular flexibility index (Phi) is 6.37. The van der Waals surface area contributed by atoms with Gasteiger partial charge in [-0.15, -0.1) is 0 Å². The van der Waals surface area contributed by atoms with E-state index in [2.05, 4.69) is 9.88 Å². The van der Waals surface area contributed by atoms with Gasteiger partial charge in [0.1, 0.15) is 0 Å². The normalized spacial score (nSPS) is 12.3. The molecule has 0 saturated carbocycles. The lowest BCUT2D eigenvalue weighted by Crippen LogP contribution is -2.24. The highest BCUT2D eigenvalue weighted by Crippen LogP contribution is 2.33. The van der Waals surface area contributed by atoms with Crippen LogP contribution < -0.4 is 5.32 Å². The Hall–Kier alpha value is -2.73. The third kappa shape index (κ3) is 4.64. The number of aliphatic hydroxyl groups is 1. The van der Waals surface area contributed by atoms with E-state index in [1.54, 1.807) is 31.2 Å². The number of aromatic nitrogens is 1. The Balaban J connectivity index is 1.51. The van der Waals surface area contributed by atoms with Crippen molar-refractivity contribution in [3.8, 4) is 0 Å². The van der Waals surface area contributed by atoms with E-state index in [-0.39, 0.29) is 5.97 Å². The van der Waals surface area contributed by atoms with Crippen molar-refractivity contribution in [3.05, 3.63) is 76.3 Å². The minimum absolute atomic E-state index is 0.339. The average Bonchev–Trinajstić information content (AvgIpc) is 3.05. The molecule has 1 atom stereocenters. The molecule has 3 aromatic carbocycles. The van der Waals surface area contributed by atoms with Gasteiger partial charge >= 0.3 is 5.97 Å². The number of esters is 1. The second kappa shape index (κ2) is 9.18. The smallest absolute Gasteiger partial charge is 0.338 e. The lowest BCUT2D eigenvalue weighted by atomic mass is 10.1. The predicted molar refractivity (Wildman–Crippen MR) is 126 cm³/mol. The van der Waals surface area contributed by atoms with Crippen LogP contribution in [0.5, 0.6) is 0 Å². The second-order valence-electron chi connectivity index (χ2n) is 7.27. The molecule has 4 aromatic rings. The van der Waals surface area contributed by atoms with Gasteiger partial charge in [-0.05, 0) is 67.6 Å². The second-order valence-corrected chi connectivity index (χ2v) is 8.14. The molecule has 0 aliphatic carbocycles. The highest BCUT2D eigenvalue weighted by Gasteiger charge is 2.15. The number of aliphatic hydroxyl groups excluding tert-OH is 1. The van der Waals surface area contributed by atoms with Gasteiger partial charge in [-0.3, -0.25) is 0 Å². The summed E-state index contributed by atoms with van der Waals surface area (Å²) < 4.78 is 7.07. The van der Waals surface area contributed by atoms with Crippen LogP contribution in [0.25, 0.3) is 21.8 Å². The van der Waals surface area contributed by atoms with E-state index in [1.807, 2.05) is 36.4 Å². The van der Waals surface area contributed by atoms with Crippen LogP contribution in [0.15, 0.2) is 60.7 Å². The lowest BCUT2D eigenvalue weighted by Gasteiger charge is -2.16. The number of rotatable bonds is 7. The van der Waals surface area contributed by atoms with Crippen molar-refractivity contribution < 1.29 is 14.6 Å². The molecule has 1 heterocycles. The number of anilines is 1. The first-order valence-corrected chi connectivity index (χ1v) is 10.8. The first-order chi connectivity index (χ1) is 15.0. The summed E-state index contributed by atoms with van der Waals surface area (Å²) in [6, 6.07) is 18.4. The standard InChI is InChI=1S/C24H22Cl2N2O3/c1-2-31-24(30)15-3-7-18(8-4-15)27-13-19(29)14-28-22-9-5-16(25)11-20(22)21-12-17(26)6-10-23(21)28/h3-12,19,27,29H,2,13-14H2,1H3/t19-/m1/s1. The molecule has 5 nitrogen and oxygen atoms in total. The average molecular weight is 457 g/mol. The molecule has 0 aliphatic rings. The Morgan fingerprint density at radius 1 is 1.00 bits per heavy atom. The molecule has 160 valence electrons. The van der Waals surface area contributed by atoms with Crippen LogP contribution in [0.3, 0.4) is 0 Å². The van der Waals surface area contributed by atoms with Gasteiger partial charge in [0.2, 0.25) is 0 Å². The van der Waals surface area contributed by atoms with Gasteiger partial charge in [0.25, 0.3) is 0 Å². The molecule has 1 aromatic heterocycles. The van der Waals surface area contributed by atoms with Crippen molar-refractivity contribution in [1.29, 1.82) is 0 Å². The fourth-order valence-corrected chi connectivity index (χ4v) is 4.04. The molecule has 0 aliphatic heterocycles. The first-order valence-electron chi connectivity index (χ1n) is 10.0. The molecular weight excluding hydrogens is 435 g/mol. The van der Waals surface area contributed by atoms with Crippen molar-refractivity contribution in [1.82, 2.24) is 4.57 Å². The van der Waals surface area contributed by atoms with Gasteiger partial charge in [0, 0.05) is 44.1 Å². The van der Waals surface area contributed by atoms with Crippen molar-refractivity contribution in [2.45, 2.75) is 19.6 Å². The molecule has 31 heavy (non-hydrogen) atoms. The summed E-state index contributed by atoms with van der Waals surface area (Å²) in [4.78, 5) is 11.8. The Labute approximate surface area is 190 Å². The van der Waals surface area contributed by atoms with Gasteiger partial charge in [-0.1, -0.05) is 23.2 Å².